The van der Waals surface area contributed by atoms with Gasteiger partial charge in [-0.2, -0.15) is 17.7 Å². The molecule has 0 spiro atoms. The summed E-state index contributed by atoms with van der Waals surface area (Å²) < 4.78 is 0. The molecule has 2 rings (SSSR count). The second-order valence-electron chi connectivity index (χ2n) is 3.99. The van der Waals surface area contributed by atoms with E-state index < -0.39 is 0 Å². The molecule has 0 unspecified atom stereocenters. The number of benzene rings is 1. The maximum atomic E-state index is 3.43. The molecule has 0 saturated carbocycles. The molecule has 0 amide bonds. The average Bonchev–Trinajstić information content (AvgIpc) is 2.51. The van der Waals surface area contributed by atoms with E-state index in [4.69, 9.17) is 0 Å². The van der Waals surface area contributed by atoms with Gasteiger partial charge in [-0.05, 0) is 0 Å². The van der Waals surface area contributed by atoms with Crippen molar-refractivity contribution in [2.24, 2.45) is 0 Å². The predicted molar refractivity (Wildman–Crippen MR) is 60.9 cm³/mol. The van der Waals surface area contributed by atoms with Crippen LogP contribution in [0.15, 0.2) is 29.8 Å². The summed E-state index contributed by atoms with van der Waals surface area (Å²) in [7, 11) is 0. The Morgan fingerprint density at radius 3 is 1.83 bits per heavy atom. The molecule has 0 aliphatic heterocycles. The van der Waals surface area contributed by atoms with Crippen LogP contribution in [-0.4, -0.2) is 0 Å². The molecular formula is C14H15Cl3V. The van der Waals surface area contributed by atoms with E-state index in [1.807, 2.05) is 0 Å². The average molecular weight is 341 g/mol. The van der Waals surface area contributed by atoms with Gasteiger partial charge in [-0.25, -0.2) is 0 Å². The summed E-state index contributed by atoms with van der Waals surface area (Å²) in [4.78, 5) is 0. The molecule has 0 atom stereocenters. The Hall–Kier alpha value is 0.154. The molecule has 1 aromatic rings. The van der Waals surface area contributed by atoms with Crippen molar-refractivity contribution in [2.45, 2.75) is 27.2 Å². The van der Waals surface area contributed by atoms with Gasteiger partial charge in [0, 0.05) is 0 Å². The number of hydrogen-bond donors (Lipinski definition) is 0. The largest absolute Gasteiger partial charge is 4.00 e. The van der Waals surface area contributed by atoms with Crippen molar-refractivity contribution in [3.8, 4) is 0 Å². The van der Waals surface area contributed by atoms with E-state index in [1.54, 1.807) is 0 Å². The fourth-order valence-electron chi connectivity index (χ4n) is 1.99. The first kappa shape index (κ1) is 23.3. The van der Waals surface area contributed by atoms with Gasteiger partial charge in [0.15, 0.2) is 0 Å². The van der Waals surface area contributed by atoms with E-state index in [2.05, 4.69) is 51.1 Å². The normalized spacial score (nSPS) is 11.9. The summed E-state index contributed by atoms with van der Waals surface area (Å²) in [5.41, 5.74) is 6.67. The molecule has 0 nitrogen and oxygen atoms in total. The molecule has 0 bridgehead atoms. The zero-order valence-corrected chi connectivity index (χ0v) is 14.3. The molecule has 0 aromatic heterocycles. The second kappa shape index (κ2) is 10.0. The maximum absolute atomic E-state index is 3.43. The number of aryl methyl sites for hydroxylation is 2. The van der Waals surface area contributed by atoms with Crippen LogP contribution in [0.4, 0.5) is 0 Å². The molecule has 0 saturated heterocycles. The Labute approximate surface area is 140 Å². The Morgan fingerprint density at radius 2 is 1.44 bits per heavy atom. The van der Waals surface area contributed by atoms with Crippen LogP contribution in [0.3, 0.4) is 0 Å². The van der Waals surface area contributed by atoms with Crippen LogP contribution in [-0.2, 0) is 18.6 Å². The Kier molecular flexibility index (Phi) is 12.9. The number of hydrogen-bond acceptors (Lipinski definition) is 0. The van der Waals surface area contributed by atoms with Crippen molar-refractivity contribution in [1.29, 1.82) is 0 Å². The van der Waals surface area contributed by atoms with Gasteiger partial charge in [-0.1, -0.05) is 56.5 Å². The van der Waals surface area contributed by atoms with E-state index in [0.717, 1.165) is 6.42 Å². The van der Waals surface area contributed by atoms with Gasteiger partial charge in [0.05, 0.1) is 0 Å². The van der Waals surface area contributed by atoms with Crippen molar-refractivity contribution in [3.05, 3.63) is 52.6 Å². The molecule has 1 radical (unpaired) electrons. The van der Waals surface area contributed by atoms with Gasteiger partial charge in [-0.15, -0.1) is 11.1 Å². The summed E-state index contributed by atoms with van der Waals surface area (Å²) in [6.45, 7) is 6.47. The van der Waals surface area contributed by atoms with Crippen LogP contribution in [0.1, 0.15) is 30.0 Å². The van der Waals surface area contributed by atoms with Gasteiger partial charge in [0.1, 0.15) is 0 Å². The smallest absolute Gasteiger partial charge is 1.00 e. The van der Waals surface area contributed by atoms with E-state index in [0.29, 0.717) is 0 Å². The molecule has 1 aliphatic carbocycles. The van der Waals surface area contributed by atoms with Crippen LogP contribution in [0.5, 0.6) is 0 Å². The Bertz CT molecular complexity index is 416. The standard InChI is InChI=1S/C14H15.3ClH.V/c1-10-7-8-13(9-10)14-11(2)5-4-6-12(14)3;;;;/h4-6,8H,7H2,1-3H3;3*1H;/q-1;;;;+4/p-3. The number of allylic oxidation sites excluding steroid dienone is 4. The first-order chi connectivity index (χ1) is 6.68. The number of rotatable bonds is 1. The topological polar surface area (TPSA) is 0 Å². The van der Waals surface area contributed by atoms with Gasteiger partial charge >= 0.3 is 18.6 Å². The van der Waals surface area contributed by atoms with E-state index in [9.17, 15) is 0 Å². The first-order valence-electron chi connectivity index (χ1n) is 5.04. The molecule has 97 valence electrons. The molecular weight excluding hydrogens is 325 g/mol. The third kappa shape index (κ3) is 5.03. The minimum Gasteiger partial charge on any atom is -1.00 e. The summed E-state index contributed by atoms with van der Waals surface area (Å²) in [6.07, 6.45) is 6.76. The van der Waals surface area contributed by atoms with E-state index >= 15 is 0 Å². The zero-order chi connectivity index (χ0) is 10.1. The quantitative estimate of drug-likeness (QED) is 0.449. The monoisotopic (exact) mass is 339 g/mol. The fraction of sp³-hybridized carbons (Fsp3) is 0.286. The third-order valence-corrected chi connectivity index (χ3v) is 2.71. The van der Waals surface area contributed by atoms with Crippen molar-refractivity contribution in [3.63, 3.8) is 0 Å². The Balaban J connectivity index is -0.000000562. The molecule has 1 aromatic carbocycles. The van der Waals surface area contributed by atoms with Crippen molar-refractivity contribution >= 4 is 5.57 Å². The number of halogens is 3. The van der Waals surface area contributed by atoms with Gasteiger partial charge in [0.25, 0.3) is 0 Å². The van der Waals surface area contributed by atoms with Gasteiger partial charge < -0.3 is 37.2 Å². The molecule has 0 fully saturated rings. The second-order valence-corrected chi connectivity index (χ2v) is 3.99. The summed E-state index contributed by atoms with van der Waals surface area (Å²) in [5.74, 6) is 0. The minimum absolute atomic E-state index is 0. The molecule has 18 heavy (non-hydrogen) atoms. The van der Waals surface area contributed by atoms with Crippen LogP contribution in [0, 0.1) is 19.9 Å². The van der Waals surface area contributed by atoms with Crippen LogP contribution in [0.2, 0.25) is 0 Å². The third-order valence-electron chi connectivity index (χ3n) is 2.71. The predicted octanol–water partition coefficient (Wildman–Crippen LogP) is -5.15. The fourth-order valence-corrected chi connectivity index (χ4v) is 1.99. The van der Waals surface area contributed by atoms with E-state index in [1.165, 1.54) is 27.8 Å². The maximum Gasteiger partial charge on any atom is 4.00 e. The minimum atomic E-state index is 0. The van der Waals surface area contributed by atoms with Crippen LogP contribution < -0.4 is 37.2 Å². The molecule has 0 heterocycles. The molecule has 4 heteroatoms. The van der Waals surface area contributed by atoms with Crippen molar-refractivity contribution in [2.75, 3.05) is 0 Å². The van der Waals surface area contributed by atoms with Gasteiger partial charge in [-0.3, -0.25) is 0 Å². The summed E-state index contributed by atoms with van der Waals surface area (Å²) in [6, 6.07) is 6.44. The molecule has 0 N–H and O–H groups in total. The SMILES string of the molecule is CC1=[C-]C(c2c(C)cccc2C)=CC1.[Cl-].[Cl-].[Cl-].[V+4]. The molecule has 1 aliphatic rings. The van der Waals surface area contributed by atoms with E-state index in [-0.39, 0.29) is 55.8 Å². The van der Waals surface area contributed by atoms with Crippen LogP contribution in [0.25, 0.3) is 5.57 Å². The summed E-state index contributed by atoms with van der Waals surface area (Å²) >= 11 is 0. The summed E-state index contributed by atoms with van der Waals surface area (Å²) in [5, 5.41) is 0. The first-order valence-corrected chi connectivity index (χ1v) is 5.04. The Morgan fingerprint density at radius 1 is 0.944 bits per heavy atom. The van der Waals surface area contributed by atoms with Crippen molar-refractivity contribution < 1.29 is 55.8 Å². The van der Waals surface area contributed by atoms with Gasteiger partial charge in [0.2, 0.25) is 0 Å². The zero-order valence-electron chi connectivity index (χ0n) is 10.6. The van der Waals surface area contributed by atoms with Crippen molar-refractivity contribution in [1.82, 2.24) is 0 Å². The van der Waals surface area contributed by atoms with Crippen LogP contribution >= 0.6 is 0 Å².